The van der Waals surface area contributed by atoms with Crippen LogP contribution in [0, 0.1) is 6.07 Å². The van der Waals surface area contributed by atoms with Gasteiger partial charge in [0.25, 0.3) is 0 Å². The summed E-state index contributed by atoms with van der Waals surface area (Å²) in [6, 6.07) is 7.95. The molecule has 1 aliphatic heterocycles. The SMILES string of the molecule is N[C@@H](CC[C]=O)C(=O)N1CCc2cc[c]cc21. The summed E-state index contributed by atoms with van der Waals surface area (Å²) >= 11 is 0. The van der Waals surface area contributed by atoms with Crippen molar-refractivity contribution in [2.45, 2.75) is 25.3 Å². The monoisotopic (exact) mass is 230 g/mol. The van der Waals surface area contributed by atoms with Crippen molar-refractivity contribution in [3.05, 3.63) is 29.8 Å². The van der Waals surface area contributed by atoms with Gasteiger partial charge >= 0.3 is 0 Å². The maximum absolute atomic E-state index is 12.1. The molecule has 88 valence electrons. The number of rotatable bonds is 4. The molecule has 1 amide bonds. The van der Waals surface area contributed by atoms with Crippen LogP contribution in [-0.2, 0) is 16.0 Å². The first-order chi connectivity index (χ1) is 8.24. The average molecular weight is 230 g/mol. The van der Waals surface area contributed by atoms with Crippen molar-refractivity contribution in [2.24, 2.45) is 5.73 Å². The Balaban J connectivity index is 2.09. The van der Waals surface area contributed by atoms with Gasteiger partial charge in [0.1, 0.15) is 0 Å². The predicted octanol–water partition coefficient (Wildman–Crippen LogP) is 0.593. The van der Waals surface area contributed by atoms with Gasteiger partial charge in [-0.25, -0.2) is 0 Å². The Morgan fingerprint density at radius 1 is 1.65 bits per heavy atom. The molecule has 0 saturated carbocycles. The van der Waals surface area contributed by atoms with Crippen LogP contribution in [0.4, 0.5) is 5.69 Å². The topological polar surface area (TPSA) is 63.4 Å². The van der Waals surface area contributed by atoms with E-state index >= 15 is 0 Å². The number of carbonyl (C=O) groups excluding carboxylic acids is 2. The largest absolute Gasteiger partial charge is 0.320 e. The molecule has 2 rings (SSSR count). The first-order valence-corrected chi connectivity index (χ1v) is 5.65. The van der Waals surface area contributed by atoms with Crippen LogP contribution in [0.5, 0.6) is 0 Å². The third-order valence-electron chi connectivity index (χ3n) is 2.97. The molecule has 0 aromatic heterocycles. The second kappa shape index (κ2) is 5.10. The van der Waals surface area contributed by atoms with Crippen LogP contribution in [0.3, 0.4) is 0 Å². The molecule has 1 aromatic rings. The Morgan fingerprint density at radius 3 is 3.24 bits per heavy atom. The standard InChI is InChI=1S/C13H14N2O2/c14-11(5-3-9-16)13(17)15-8-7-10-4-1-2-6-12(10)15/h1,4,6,11H,3,5,7-8,14H2/t11-/m0/s1. The fraction of sp³-hybridized carbons (Fsp3) is 0.385. The lowest BCUT2D eigenvalue weighted by Gasteiger charge is -2.20. The maximum atomic E-state index is 12.1. The third kappa shape index (κ3) is 2.36. The first kappa shape index (κ1) is 11.8. The molecule has 1 heterocycles. The van der Waals surface area contributed by atoms with Crippen LogP contribution >= 0.6 is 0 Å². The highest BCUT2D eigenvalue weighted by Gasteiger charge is 2.27. The normalized spacial score (nSPS) is 15.5. The molecule has 4 heteroatoms. The molecule has 0 unspecified atom stereocenters. The van der Waals surface area contributed by atoms with Gasteiger partial charge < -0.3 is 10.6 Å². The number of hydrogen-bond acceptors (Lipinski definition) is 3. The van der Waals surface area contributed by atoms with E-state index in [4.69, 9.17) is 5.73 Å². The molecule has 0 spiro atoms. The van der Waals surface area contributed by atoms with Gasteiger partial charge in [-0.2, -0.15) is 0 Å². The van der Waals surface area contributed by atoms with Crippen molar-refractivity contribution in [3.8, 4) is 0 Å². The van der Waals surface area contributed by atoms with Gasteiger partial charge in [0, 0.05) is 18.7 Å². The van der Waals surface area contributed by atoms with Crippen molar-refractivity contribution in [1.29, 1.82) is 0 Å². The van der Waals surface area contributed by atoms with Gasteiger partial charge in [0.05, 0.1) is 6.04 Å². The number of nitrogens with zero attached hydrogens (tertiary/aromatic N) is 1. The van der Waals surface area contributed by atoms with Crippen LogP contribution in [0.25, 0.3) is 0 Å². The molecule has 0 saturated heterocycles. The lowest BCUT2D eigenvalue weighted by atomic mass is 10.1. The minimum Gasteiger partial charge on any atom is -0.320 e. The number of hydrogen-bond donors (Lipinski definition) is 1. The van der Waals surface area contributed by atoms with Crippen LogP contribution < -0.4 is 10.6 Å². The van der Waals surface area contributed by atoms with E-state index in [-0.39, 0.29) is 12.3 Å². The Kier molecular flexibility index (Phi) is 3.54. The number of carbonyl (C=O) groups is 1. The third-order valence-corrected chi connectivity index (χ3v) is 2.97. The smallest absolute Gasteiger partial charge is 0.243 e. The zero-order valence-electron chi connectivity index (χ0n) is 9.48. The molecule has 0 bridgehead atoms. The Labute approximate surface area is 100 Å². The Hall–Kier alpha value is -1.68. The van der Waals surface area contributed by atoms with E-state index in [1.165, 1.54) is 0 Å². The summed E-state index contributed by atoms with van der Waals surface area (Å²) in [6.45, 7) is 0.657. The summed E-state index contributed by atoms with van der Waals surface area (Å²) < 4.78 is 0. The fourth-order valence-corrected chi connectivity index (χ4v) is 2.04. The molecule has 0 aliphatic carbocycles. The summed E-state index contributed by atoms with van der Waals surface area (Å²) in [7, 11) is 0. The summed E-state index contributed by atoms with van der Waals surface area (Å²) in [5.41, 5.74) is 7.80. The van der Waals surface area contributed by atoms with Crippen molar-refractivity contribution in [3.63, 3.8) is 0 Å². The molecule has 1 aromatic carbocycles. The molecule has 1 atom stereocenters. The molecular formula is C13H14N2O2. The molecule has 2 N–H and O–H groups in total. The van der Waals surface area contributed by atoms with Gasteiger partial charge in [0.15, 0.2) is 6.29 Å². The Bertz CT molecular complexity index is 431. The van der Waals surface area contributed by atoms with E-state index in [1.807, 2.05) is 12.1 Å². The molecule has 2 radical (unpaired) electrons. The average Bonchev–Trinajstić information content (AvgIpc) is 2.78. The van der Waals surface area contributed by atoms with Crippen molar-refractivity contribution in [2.75, 3.05) is 11.4 Å². The number of nitrogens with two attached hydrogens (primary N) is 1. The van der Waals surface area contributed by atoms with E-state index in [1.54, 1.807) is 17.3 Å². The van der Waals surface area contributed by atoms with E-state index in [0.29, 0.717) is 13.0 Å². The number of anilines is 1. The second-order valence-electron chi connectivity index (χ2n) is 4.08. The Morgan fingerprint density at radius 2 is 2.47 bits per heavy atom. The zero-order chi connectivity index (χ0) is 12.3. The minimum atomic E-state index is -0.623. The summed E-state index contributed by atoms with van der Waals surface area (Å²) in [4.78, 5) is 23.9. The highest BCUT2D eigenvalue weighted by molar-refractivity contribution is 5.98. The van der Waals surface area contributed by atoms with Crippen LogP contribution in [-0.4, -0.2) is 24.8 Å². The zero-order valence-corrected chi connectivity index (χ0v) is 9.48. The predicted molar refractivity (Wildman–Crippen MR) is 64.2 cm³/mol. The molecule has 4 nitrogen and oxygen atoms in total. The fourth-order valence-electron chi connectivity index (χ4n) is 2.04. The maximum Gasteiger partial charge on any atom is 0.243 e. The van der Waals surface area contributed by atoms with Gasteiger partial charge in [-0.05, 0) is 30.5 Å². The van der Waals surface area contributed by atoms with Crippen LogP contribution in [0.15, 0.2) is 18.2 Å². The number of benzene rings is 1. The van der Waals surface area contributed by atoms with Gasteiger partial charge in [-0.1, -0.05) is 12.1 Å². The highest BCUT2D eigenvalue weighted by atomic mass is 16.2. The van der Waals surface area contributed by atoms with Gasteiger partial charge in [-0.15, -0.1) is 0 Å². The summed E-state index contributed by atoms with van der Waals surface area (Å²) in [5.74, 6) is -0.126. The van der Waals surface area contributed by atoms with E-state index in [9.17, 15) is 9.59 Å². The van der Waals surface area contributed by atoms with Crippen molar-refractivity contribution < 1.29 is 9.59 Å². The van der Waals surface area contributed by atoms with Gasteiger partial charge in [0.2, 0.25) is 5.91 Å². The molecule has 17 heavy (non-hydrogen) atoms. The highest BCUT2D eigenvalue weighted by Crippen LogP contribution is 2.27. The molecule has 1 aliphatic rings. The van der Waals surface area contributed by atoms with Gasteiger partial charge in [-0.3, -0.25) is 9.59 Å². The second-order valence-corrected chi connectivity index (χ2v) is 4.08. The van der Waals surface area contributed by atoms with Crippen molar-refractivity contribution in [1.82, 2.24) is 0 Å². The lowest BCUT2D eigenvalue weighted by Crippen LogP contribution is -2.43. The number of fused-ring (bicyclic) bond motifs is 1. The summed E-state index contributed by atoms with van der Waals surface area (Å²) in [6.07, 6.45) is 3.16. The molecule has 0 fully saturated rings. The lowest BCUT2D eigenvalue weighted by molar-refractivity contribution is -0.119. The number of amides is 1. The first-order valence-electron chi connectivity index (χ1n) is 5.65. The summed E-state index contributed by atoms with van der Waals surface area (Å²) in [5, 5.41) is 0. The van der Waals surface area contributed by atoms with Crippen LogP contribution in [0.2, 0.25) is 0 Å². The van der Waals surface area contributed by atoms with Crippen LogP contribution in [0.1, 0.15) is 18.4 Å². The minimum absolute atomic E-state index is 0.126. The van der Waals surface area contributed by atoms with E-state index < -0.39 is 6.04 Å². The molecular weight excluding hydrogens is 216 g/mol. The quantitative estimate of drug-likeness (QED) is 0.823. The van der Waals surface area contributed by atoms with E-state index in [0.717, 1.165) is 17.7 Å². The van der Waals surface area contributed by atoms with E-state index in [2.05, 4.69) is 6.07 Å². The van der Waals surface area contributed by atoms with Crippen molar-refractivity contribution >= 4 is 17.9 Å².